The lowest BCUT2D eigenvalue weighted by atomic mass is 10.00. The number of amides is 10. The number of nitrogens with one attached hydrogen (secondary N) is 9. The molecule has 2 heterocycles. The third-order valence-corrected chi connectivity index (χ3v) is 14.7. The molecule has 1 saturated heterocycles. The zero-order valence-electron chi connectivity index (χ0n) is 51.8. The number of carbonyl (C=O) groups is 10. The number of hydrogen-bond donors (Lipinski definition) is 16. The van der Waals surface area contributed by atoms with E-state index in [9.17, 15) is 58.2 Å². The summed E-state index contributed by atoms with van der Waals surface area (Å²) in [5.74, 6) is -8.07. The number of guanidine groups is 2. The summed E-state index contributed by atoms with van der Waals surface area (Å²) in [6.07, 6.45) is 0.629. The summed E-state index contributed by atoms with van der Waals surface area (Å²) in [4.78, 5) is 152. The number of ether oxygens (including phenoxy) is 1. The Morgan fingerprint density at radius 2 is 1.15 bits per heavy atom. The van der Waals surface area contributed by atoms with Crippen LogP contribution in [0.4, 0.5) is 4.79 Å². The number of halogens is 1. The first-order valence-electron chi connectivity index (χ1n) is 30.2. The Morgan fingerprint density at radius 1 is 0.630 bits per heavy atom. The number of phenolic OH excluding ortho intramolecular Hbond substituents is 1. The summed E-state index contributed by atoms with van der Waals surface area (Å²) in [6.45, 7) is 4.83. The van der Waals surface area contributed by atoms with Gasteiger partial charge >= 0.3 is 6.09 Å². The molecule has 4 aromatic rings. The lowest BCUT2D eigenvalue weighted by Gasteiger charge is -2.30. The van der Waals surface area contributed by atoms with E-state index in [2.05, 4.69) is 57.5 Å². The maximum atomic E-state index is 14.8. The van der Waals surface area contributed by atoms with Crippen LogP contribution in [-0.4, -0.2) is 172 Å². The highest BCUT2D eigenvalue weighted by Crippen LogP contribution is 2.22. The van der Waals surface area contributed by atoms with Gasteiger partial charge in [0.15, 0.2) is 11.9 Å². The molecule has 5 rings (SSSR count). The topological polar surface area (TPSA) is 490 Å². The summed E-state index contributed by atoms with van der Waals surface area (Å²) in [5.41, 5.74) is 30.0. The molecule has 0 unspecified atom stereocenters. The molecule has 1 aliphatic rings. The van der Waals surface area contributed by atoms with Crippen molar-refractivity contribution in [1.82, 2.24) is 52.4 Å². The van der Waals surface area contributed by atoms with E-state index in [-0.39, 0.29) is 126 Å². The van der Waals surface area contributed by atoms with Crippen LogP contribution in [-0.2, 0) is 67.3 Å². The molecular formula is C61H88ClN17O13. The average molecular weight is 1300 g/mol. The Hall–Kier alpha value is -9.71. The largest absolute Gasteiger partial charge is 0.508 e. The Bertz CT molecular complexity index is 3180. The van der Waals surface area contributed by atoms with Gasteiger partial charge in [0.1, 0.15) is 60.7 Å². The van der Waals surface area contributed by atoms with Crippen molar-refractivity contribution in [3.8, 4) is 5.75 Å². The molecule has 1 aromatic heterocycles. The molecule has 502 valence electrons. The lowest BCUT2D eigenvalue weighted by molar-refractivity contribution is -0.142. The number of aromatic amines is 1. The number of likely N-dealkylation sites (N-methyl/N-ethyl adjacent to an activating group) is 1. The van der Waals surface area contributed by atoms with Crippen molar-refractivity contribution in [3.63, 3.8) is 0 Å². The van der Waals surface area contributed by atoms with Crippen LogP contribution < -0.4 is 71.2 Å². The predicted molar refractivity (Wildman–Crippen MR) is 344 cm³/mol. The number of nitrogens with zero attached hydrogens (tertiary/aromatic N) is 3. The normalized spacial score (nSPS) is 14.8. The van der Waals surface area contributed by atoms with Crippen LogP contribution in [0.25, 0.3) is 10.9 Å². The van der Waals surface area contributed by atoms with E-state index < -0.39 is 108 Å². The number of phenols is 1. The zero-order valence-corrected chi connectivity index (χ0v) is 52.6. The van der Waals surface area contributed by atoms with Gasteiger partial charge in [-0.15, -0.1) is 12.4 Å². The molecule has 3 aromatic carbocycles. The van der Waals surface area contributed by atoms with Crippen LogP contribution in [0, 0.1) is 5.92 Å². The molecule has 0 saturated carbocycles. The number of para-hydroxylation sites is 1. The van der Waals surface area contributed by atoms with Crippen molar-refractivity contribution >= 4 is 94.5 Å². The molecule has 0 aliphatic carbocycles. The number of aromatic hydroxyl groups is 1. The number of H-pyrrole nitrogens is 1. The number of rotatable bonds is 36. The van der Waals surface area contributed by atoms with Gasteiger partial charge in [-0.05, 0) is 99.1 Å². The molecular weight excluding hydrogens is 1210 g/mol. The highest BCUT2D eigenvalue weighted by Gasteiger charge is 2.39. The SMILES string of the molecule is CCNC(=O)[C@@H]1CCCN1C(=O)[C@H](CCCN=C(N)N)NC(=O)[C@H](CC(C)C)NC(=O)[C@@H](CCCN=C(N)N)NC(=O)[C@H](Cc1ccc(O)cc1)NC(=O)[C@H](CO)NC(=O)[C@H](Cc1c[nH]c2ccccc12)NC(=O)[C@H](CCC(N)=O)NC(=O)OCc1ccccc1.Cl. The van der Waals surface area contributed by atoms with Crippen molar-refractivity contribution in [2.24, 2.45) is 44.6 Å². The molecule has 0 spiro atoms. The Balaban J connectivity index is 0.0000180. The molecule has 1 fully saturated rings. The fraction of sp³-hybridized carbons (Fsp3) is 0.475. The Kier molecular flexibility index (Phi) is 31.0. The third kappa shape index (κ3) is 24.6. The number of alkyl carbamates (subject to hydrolysis) is 1. The fourth-order valence-corrected chi connectivity index (χ4v) is 10.1. The highest BCUT2D eigenvalue weighted by molar-refractivity contribution is 5.99. The maximum Gasteiger partial charge on any atom is 0.408 e. The molecule has 8 atom stereocenters. The van der Waals surface area contributed by atoms with E-state index in [1.807, 2.05) is 0 Å². The van der Waals surface area contributed by atoms with Crippen LogP contribution >= 0.6 is 12.4 Å². The van der Waals surface area contributed by atoms with Gasteiger partial charge in [0, 0.05) is 62.5 Å². The number of fused-ring (bicyclic) bond motifs is 1. The third-order valence-electron chi connectivity index (χ3n) is 14.7. The zero-order chi connectivity index (χ0) is 66.6. The number of aromatic nitrogens is 1. The minimum Gasteiger partial charge on any atom is -0.508 e. The number of primary amides is 1. The Labute approximate surface area is 539 Å². The number of benzene rings is 3. The molecule has 1 aliphatic heterocycles. The molecule has 92 heavy (non-hydrogen) atoms. The van der Waals surface area contributed by atoms with Crippen LogP contribution in [0.15, 0.2) is 95.0 Å². The van der Waals surface area contributed by atoms with Crippen LogP contribution in [0.3, 0.4) is 0 Å². The first kappa shape index (κ1) is 74.8. The van der Waals surface area contributed by atoms with Gasteiger partial charge in [-0.3, -0.25) is 53.1 Å². The van der Waals surface area contributed by atoms with Crippen LogP contribution in [0.5, 0.6) is 5.75 Å². The van der Waals surface area contributed by atoms with Gasteiger partial charge in [-0.25, -0.2) is 4.79 Å². The summed E-state index contributed by atoms with van der Waals surface area (Å²) in [7, 11) is 0. The monoisotopic (exact) mass is 1300 g/mol. The smallest absolute Gasteiger partial charge is 0.408 e. The summed E-state index contributed by atoms with van der Waals surface area (Å²) < 4.78 is 5.33. The van der Waals surface area contributed by atoms with Gasteiger partial charge in [0.05, 0.1) is 6.61 Å². The van der Waals surface area contributed by atoms with Gasteiger partial charge in [0.25, 0.3) is 0 Å². The molecule has 0 bridgehead atoms. The summed E-state index contributed by atoms with van der Waals surface area (Å²) in [6, 6.07) is 10.2. The molecule has 31 heteroatoms. The van der Waals surface area contributed by atoms with Gasteiger partial charge < -0.3 is 96.0 Å². The van der Waals surface area contributed by atoms with E-state index in [1.54, 1.807) is 81.6 Å². The van der Waals surface area contributed by atoms with E-state index in [0.717, 1.165) is 0 Å². The van der Waals surface area contributed by atoms with Crippen molar-refractivity contribution < 1.29 is 62.9 Å². The van der Waals surface area contributed by atoms with E-state index in [1.165, 1.54) is 29.2 Å². The molecule has 10 amide bonds. The van der Waals surface area contributed by atoms with Crippen molar-refractivity contribution in [1.29, 1.82) is 0 Å². The number of nitrogens with two attached hydrogens (primary N) is 5. The van der Waals surface area contributed by atoms with Crippen LogP contribution in [0.1, 0.15) is 95.2 Å². The number of carbonyl (C=O) groups excluding carboxylic acids is 10. The first-order valence-corrected chi connectivity index (χ1v) is 30.2. The number of aliphatic imine (C=N–C) groups is 2. The number of likely N-dealkylation sites (tertiary alicyclic amines) is 1. The van der Waals surface area contributed by atoms with Gasteiger partial charge in [0.2, 0.25) is 53.2 Å². The van der Waals surface area contributed by atoms with Gasteiger partial charge in [-0.1, -0.05) is 74.5 Å². The minimum atomic E-state index is -1.82. The van der Waals surface area contributed by atoms with Crippen molar-refractivity contribution in [2.75, 3.05) is 32.8 Å². The quantitative estimate of drug-likeness (QED) is 0.0145. The second kappa shape index (κ2) is 38.1. The summed E-state index contributed by atoms with van der Waals surface area (Å²) in [5, 5.41) is 42.7. The fourth-order valence-electron chi connectivity index (χ4n) is 10.1. The number of aliphatic hydroxyl groups is 1. The highest BCUT2D eigenvalue weighted by atomic mass is 35.5. The predicted octanol–water partition coefficient (Wildman–Crippen LogP) is -1.18. The number of hydrogen-bond acceptors (Lipinski definition) is 15. The maximum absolute atomic E-state index is 14.8. The molecule has 0 radical (unpaired) electrons. The first-order chi connectivity index (χ1) is 43.5. The Morgan fingerprint density at radius 3 is 1.75 bits per heavy atom. The molecule has 21 N–H and O–H groups in total. The van der Waals surface area contributed by atoms with Crippen LogP contribution in [0.2, 0.25) is 0 Å². The second-order valence-electron chi connectivity index (χ2n) is 22.4. The lowest BCUT2D eigenvalue weighted by Crippen LogP contribution is -2.61. The summed E-state index contributed by atoms with van der Waals surface area (Å²) >= 11 is 0. The van der Waals surface area contributed by atoms with E-state index in [0.29, 0.717) is 47.0 Å². The average Bonchev–Trinajstić information content (AvgIpc) is 1.64. The van der Waals surface area contributed by atoms with E-state index >= 15 is 0 Å². The van der Waals surface area contributed by atoms with Gasteiger partial charge in [-0.2, -0.15) is 0 Å². The standard InChI is InChI=1S/C61H87N17O13.ClH/c1-4-67-57(88)49-19-12-28-78(49)58(89)44(18-11-27-69-60(65)66)72-53(84)45(29-35(2)3)73-51(82)42(17-10-26-68-59(63)64)71-54(85)46(30-36-20-22-39(80)23-21-36)74-56(87)48(33-79)76-55(86)47(31-38-32-70-41-16-9-8-15-40(38)41)75-52(83)43(24-25-50(62)81)77-61(90)91-34-37-13-6-5-7-14-37;/h5-9,13-16,20-23,32,35,42-49,70,79-80H,4,10-12,17-19,24-31,33-34H2,1-3H3,(H2,62,81)(H,67,88)(H,71,85)(H,72,84)(H,73,82)(H,74,87)(H,75,83)(H,76,86)(H,77,90)(H4,63,64,68)(H4,65,66,69);1H/t42-,43+,44+,45+,46+,47+,48+,49+;/m1./s1. The van der Waals surface area contributed by atoms with Crippen molar-refractivity contribution in [3.05, 3.63) is 102 Å². The van der Waals surface area contributed by atoms with E-state index in [4.69, 9.17) is 33.4 Å². The molecule has 30 nitrogen and oxygen atoms in total. The second-order valence-corrected chi connectivity index (χ2v) is 22.4. The minimum absolute atomic E-state index is 0. The number of aliphatic hydroxyl groups excluding tert-OH is 1. The van der Waals surface area contributed by atoms with Crippen molar-refractivity contribution in [2.45, 2.75) is 146 Å².